The normalized spacial score (nSPS) is 13.2. The quantitative estimate of drug-likeness (QED) is 0.749. The second-order valence-corrected chi connectivity index (χ2v) is 4.03. The third-order valence-corrected chi connectivity index (χ3v) is 2.59. The molecule has 0 amide bonds. The van der Waals surface area contributed by atoms with Crippen LogP contribution in [-0.4, -0.2) is 32.8 Å². The number of aromatic nitrogens is 3. The number of rotatable bonds is 5. The summed E-state index contributed by atoms with van der Waals surface area (Å²) >= 11 is 1.82. The first-order chi connectivity index (χ1) is 6.24. The first-order valence-corrected chi connectivity index (χ1v) is 5.70. The zero-order chi connectivity index (χ0) is 9.68. The maximum Gasteiger partial charge on any atom is 0.138 e. The smallest absolute Gasteiger partial charge is 0.138 e. The van der Waals surface area contributed by atoms with Gasteiger partial charge < -0.3 is 5.73 Å². The summed E-state index contributed by atoms with van der Waals surface area (Å²) in [4.78, 5) is 4.13. The van der Waals surface area contributed by atoms with Crippen LogP contribution in [0.5, 0.6) is 0 Å². The lowest BCUT2D eigenvalue weighted by atomic mass is 10.1. The van der Waals surface area contributed by atoms with Gasteiger partial charge in [0, 0.05) is 19.5 Å². The van der Waals surface area contributed by atoms with E-state index in [9.17, 15) is 0 Å². The van der Waals surface area contributed by atoms with Gasteiger partial charge in [-0.05, 0) is 18.4 Å². The van der Waals surface area contributed by atoms with Gasteiger partial charge in [0.1, 0.15) is 12.2 Å². The van der Waals surface area contributed by atoms with E-state index in [4.69, 9.17) is 5.73 Å². The van der Waals surface area contributed by atoms with Gasteiger partial charge in [0.05, 0.1) is 0 Å². The molecule has 0 aliphatic heterocycles. The van der Waals surface area contributed by atoms with E-state index in [2.05, 4.69) is 16.3 Å². The van der Waals surface area contributed by atoms with Crippen LogP contribution in [0.1, 0.15) is 12.2 Å². The van der Waals surface area contributed by atoms with E-state index in [1.807, 2.05) is 18.8 Å². The third-order valence-electron chi connectivity index (χ3n) is 1.94. The molecule has 74 valence electrons. The summed E-state index contributed by atoms with van der Waals surface area (Å²) in [6.45, 7) is 0. The van der Waals surface area contributed by atoms with E-state index in [-0.39, 0.29) is 6.04 Å². The summed E-state index contributed by atoms with van der Waals surface area (Å²) in [6, 6.07) is 0.204. The zero-order valence-electron chi connectivity index (χ0n) is 8.10. The molecule has 2 N–H and O–H groups in total. The second-order valence-electron chi connectivity index (χ2n) is 3.05. The van der Waals surface area contributed by atoms with Crippen LogP contribution in [0.2, 0.25) is 0 Å². The molecule has 13 heavy (non-hydrogen) atoms. The minimum Gasteiger partial charge on any atom is -0.327 e. The van der Waals surface area contributed by atoms with Crippen molar-refractivity contribution in [2.24, 2.45) is 12.8 Å². The summed E-state index contributed by atoms with van der Waals surface area (Å²) in [7, 11) is 1.89. The summed E-state index contributed by atoms with van der Waals surface area (Å²) < 4.78 is 1.78. The Labute approximate surface area is 82.9 Å². The predicted molar refractivity (Wildman–Crippen MR) is 55.7 cm³/mol. The van der Waals surface area contributed by atoms with Gasteiger partial charge in [-0.1, -0.05) is 0 Å². The molecule has 1 heterocycles. The van der Waals surface area contributed by atoms with E-state index < -0.39 is 0 Å². The summed E-state index contributed by atoms with van der Waals surface area (Å²) in [5, 5.41) is 3.99. The number of hydrogen-bond donors (Lipinski definition) is 1. The number of nitrogens with zero attached hydrogens (tertiary/aromatic N) is 3. The minimum absolute atomic E-state index is 0.204. The van der Waals surface area contributed by atoms with Gasteiger partial charge >= 0.3 is 0 Å². The van der Waals surface area contributed by atoms with Crippen LogP contribution in [-0.2, 0) is 13.5 Å². The Morgan fingerprint density at radius 2 is 2.46 bits per heavy atom. The molecule has 0 spiro atoms. The Morgan fingerprint density at radius 1 is 1.69 bits per heavy atom. The fourth-order valence-electron chi connectivity index (χ4n) is 1.11. The highest BCUT2D eigenvalue weighted by atomic mass is 32.2. The van der Waals surface area contributed by atoms with E-state index in [0.717, 1.165) is 24.4 Å². The van der Waals surface area contributed by atoms with Crippen molar-refractivity contribution in [3.63, 3.8) is 0 Å². The topological polar surface area (TPSA) is 56.7 Å². The molecule has 0 saturated heterocycles. The van der Waals surface area contributed by atoms with E-state index in [1.165, 1.54) is 0 Å². The largest absolute Gasteiger partial charge is 0.327 e. The molecular formula is C8H16N4S. The van der Waals surface area contributed by atoms with Gasteiger partial charge in [0.2, 0.25) is 0 Å². The molecule has 1 rings (SSSR count). The molecule has 1 aromatic heterocycles. The number of nitrogens with two attached hydrogens (primary N) is 1. The average molecular weight is 200 g/mol. The van der Waals surface area contributed by atoms with Crippen LogP contribution >= 0.6 is 11.8 Å². The Morgan fingerprint density at radius 3 is 3.00 bits per heavy atom. The molecule has 1 unspecified atom stereocenters. The molecule has 0 bridgehead atoms. The highest BCUT2D eigenvalue weighted by molar-refractivity contribution is 7.98. The van der Waals surface area contributed by atoms with Crippen molar-refractivity contribution in [1.29, 1.82) is 0 Å². The molecule has 0 aromatic carbocycles. The van der Waals surface area contributed by atoms with E-state index in [0.29, 0.717) is 0 Å². The molecule has 5 heteroatoms. The molecule has 0 aliphatic carbocycles. The SMILES string of the molecule is CSCCC(N)Cc1ncnn1C. The maximum atomic E-state index is 5.93. The number of thioether (sulfide) groups is 1. The van der Waals surface area contributed by atoms with E-state index >= 15 is 0 Å². The molecule has 0 aliphatic rings. The molecule has 0 saturated carbocycles. The molecule has 1 atom stereocenters. The Hall–Kier alpha value is -0.550. The first kappa shape index (κ1) is 10.5. The van der Waals surface area contributed by atoms with Crippen molar-refractivity contribution in [1.82, 2.24) is 14.8 Å². The number of hydrogen-bond acceptors (Lipinski definition) is 4. The highest BCUT2D eigenvalue weighted by Crippen LogP contribution is 2.03. The fraction of sp³-hybridized carbons (Fsp3) is 0.750. The van der Waals surface area contributed by atoms with Crippen molar-refractivity contribution >= 4 is 11.8 Å². The molecule has 4 nitrogen and oxygen atoms in total. The molecular weight excluding hydrogens is 184 g/mol. The molecule has 1 aromatic rings. The van der Waals surface area contributed by atoms with Gasteiger partial charge in [0.15, 0.2) is 0 Å². The maximum absolute atomic E-state index is 5.93. The van der Waals surface area contributed by atoms with Gasteiger partial charge in [-0.3, -0.25) is 4.68 Å². The second kappa shape index (κ2) is 5.24. The summed E-state index contributed by atoms with van der Waals surface area (Å²) in [6.07, 6.45) is 5.51. The van der Waals surface area contributed by atoms with Crippen molar-refractivity contribution in [2.75, 3.05) is 12.0 Å². The van der Waals surface area contributed by atoms with Crippen LogP contribution in [0.25, 0.3) is 0 Å². The van der Waals surface area contributed by atoms with Crippen LogP contribution in [0, 0.1) is 0 Å². The Bertz CT molecular complexity index is 248. The van der Waals surface area contributed by atoms with Gasteiger partial charge in [-0.2, -0.15) is 16.9 Å². The van der Waals surface area contributed by atoms with Crippen LogP contribution in [0.15, 0.2) is 6.33 Å². The van der Waals surface area contributed by atoms with Crippen molar-refractivity contribution < 1.29 is 0 Å². The van der Waals surface area contributed by atoms with Crippen molar-refractivity contribution in [3.05, 3.63) is 12.2 Å². The van der Waals surface area contributed by atoms with Crippen molar-refractivity contribution in [2.45, 2.75) is 18.9 Å². The summed E-state index contributed by atoms with van der Waals surface area (Å²) in [5.74, 6) is 2.08. The van der Waals surface area contributed by atoms with E-state index in [1.54, 1.807) is 11.0 Å². The van der Waals surface area contributed by atoms with Gasteiger partial charge in [0.25, 0.3) is 0 Å². The lowest BCUT2D eigenvalue weighted by Crippen LogP contribution is -2.25. The molecule has 0 radical (unpaired) electrons. The van der Waals surface area contributed by atoms with Crippen LogP contribution < -0.4 is 5.73 Å². The van der Waals surface area contributed by atoms with Crippen LogP contribution in [0.3, 0.4) is 0 Å². The fourth-order valence-corrected chi connectivity index (χ4v) is 1.65. The Balaban J connectivity index is 2.36. The zero-order valence-corrected chi connectivity index (χ0v) is 8.92. The first-order valence-electron chi connectivity index (χ1n) is 4.31. The van der Waals surface area contributed by atoms with Crippen LogP contribution in [0.4, 0.5) is 0 Å². The summed E-state index contributed by atoms with van der Waals surface area (Å²) in [5.41, 5.74) is 5.93. The predicted octanol–water partition coefficient (Wildman–Crippen LogP) is 0.438. The lowest BCUT2D eigenvalue weighted by molar-refractivity contribution is 0.595. The third kappa shape index (κ3) is 3.36. The lowest BCUT2D eigenvalue weighted by Gasteiger charge is -2.09. The monoisotopic (exact) mass is 200 g/mol. The van der Waals surface area contributed by atoms with Crippen molar-refractivity contribution in [3.8, 4) is 0 Å². The average Bonchev–Trinajstić information content (AvgIpc) is 2.48. The van der Waals surface area contributed by atoms with Gasteiger partial charge in [-0.15, -0.1) is 0 Å². The number of aryl methyl sites for hydroxylation is 1. The van der Waals surface area contributed by atoms with Gasteiger partial charge in [-0.25, -0.2) is 4.98 Å². The standard InChI is InChI=1S/C8H16N4S/c1-12-8(10-6-11-12)5-7(9)3-4-13-2/h6-7H,3-5,9H2,1-2H3. The minimum atomic E-state index is 0.204. The highest BCUT2D eigenvalue weighted by Gasteiger charge is 2.07. The molecule has 0 fully saturated rings. The Kier molecular flexibility index (Phi) is 4.24.